The maximum atomic E-state index is 12.1. The summed E-state index contributed by atoms with van der Waals surface area (Å²) in [6, 6.07) is 14.0. The second kappa shape index (κ2) is 9.09. The molecule has 2 rings (SSSR count). The van der Waals surface area contributed by atoms with E-state index in [0.29, 0.717) is 0 Å². The summed E-state index contributed by atoms with van der Waals surface area (Å²) in [6.07, 6.45) is 0. The van der Waals surface area contributed by atoms with E-state index in [-0.39, 0.29) is 29.5 Å². The molecule has 0 bridgehead atoms. The average molecular weight is 385 g/mol. The minimum atomic E-state index is -0.225. The number of benzene rings is 2. The maximum Gasteiger partial charge on any atom is 0.243 e. The highest BCUT2D eigenvalue weighted by molar-refractivity contribution is 8.00. The average Bonchev–Trinajstić information content (AvgIpc) is 2.61. The quantitative estimate of drug-likeness (QED) is 0.724. The molecule has 0 heterocycles. The van der Waals surface area contributed by atoms with Crippen LogP contribution in [0.4, 0.5) is 5.69 Å². The molecule has 0 aliphatic rings. The van der Waals surface area contributed by atoms with Gasteiger partial charge >= 0.3 is 0 Å². The first-order chi connectivity index (χ1) is 12.7. The van der Waals surface area contributed by atoms with Crippen molar-refractivity contribution in [2.75, 3.05) is 17.6 Å². The number of amides is 2. The van der Waals surface area contributed by atoms with Gasteiger partial charge in [0.05, 0.1) is 12.3 Å². The summed E-state index contributed by atoms with van der Waals surface area (Å²) in [6.45, 7) is 10.4. The Balaban J connectivity index is 1.77. The molecule has 27 heavy (non-hydrogen) atoms. The molecule has 2 aromatic carbocycles. The monoisotopic (exact) mass is 384 g/mol. The highest BCUT2D eigenvalue weighted by Crippen LogP contribution is 2.25. The van der Waals surface area contributed by atoms with Crippen LogP contribution in [-0.2, 0) is 15.0 Å². The van der Waals surface area contributed by atoms with E-state index < -0.39 is 0 Å². The molecule has 0 fully saturated rings. The molecular formula is C22H28N2O2S. The number of anilines is 1. The number of aryl methyl sites for hydroxylation is 1. The lowest BCUT2D eigenvalue weighted by molar-refractivity contribution is -0.122. The molecule has 2 N–H and O–H groups in total. The van der Waals surface area contributed by atoms with Crippen molar-refractivity contribution < 1.29 is 9.59 Å². The zero-order valence-corrected chi connectivity index (χ0v) is 17.5. The van der Waals surface area contributed by atoms with Crippen LogP contribution in [0.15, 0.2) is 47.4 Å². The van der Waals surface area contributed by atoms with E-state index in [4.69, 9.17) is 0 Å². The molecule has 0 aliphatic carbocycles. The molecular weight excluding hydrogens is 356 g/mol. The van der Waals surface area contributed by atoms with Crippen LogP contribution in [0.3, 0.4) is 0 Å². The molecule has 2 amide bonds. The molecule has 0 saturated carbocycles. The van der Waals surface area contributed by atoms with Crippen LogP contribution in [-0.4, -0.2) is 24.1 Å². The second-order valence-corrected chi connectivity index (χ2v) is 8.68. The molecule has 4 nitrogen and oxygen atoms in total. The molecule has 0 radical (unpaired) electrons. The number of nitrogens with one attached hydrogen (secondary N) is 2. The Morgan fingerprint density at radius 3 is 2.26 bits per heavy atom. The predicted octanol–water partition coefficient (Wildman–Crippen LogP) is 4.45. The van der Waals surface area contributed by atoms with Crippen molar-refractivity contribution in [2.24, 2.45) is 0 Å². The Labute approximate surface area is 166 Å². The van der Waals surface area contributed by atoms with Crippen molar-refractivity contribution in [3.05, 3.63) is 59.2 Å². The lowest BCUT2D eigenvalue weighted by atomic mass is 9.87. The summed E-state index contributed by atoms with van der Waals surface area (Å²) in [4.78, 5) is 25.1. The van der Waals surface area contributed by atoms with Gasteiger partial charge in [0.1, 0.15) is 0 Å². The first kappa shape index (κ1) is 21.0. The van der Waals surface area contributed by atoms with E-state index in [0.717, 1.165) is 21.7 Å². The molecule has 2 aromatic rings. The first-order valence-electron chi connectivity index (χ1n) is 9.03. The number of carbonyl (C=O) groups is 2. The van der Waals surface area contributed by atoms with Crippen LogP contribution in [0, 0.1) is 13.8 Å². The Morgan fingerprint density at radius 1 is 0.963 bits per heavy atom. The number of hydrogen-bond acceptors (Lipinski definition) is 3. The van der Waals surface area contributed by atoms with Gasteiger partial charge in [-0.1, -0.05) is 45.0 Å². The molecule has 0 saturated heterocycles. The van der Waals surface area contributed by atoms with E-state index in [2.05, 4.69) is 43.5 Å². The van der Waals surface area contributed by atoms with Crippen molar-refractivity contribution in [3.63, 3.8) is 0 Å². The zero-order chi connectivity index (χ0) is 20.0. The zero-order valence-electron chi connectivity index (χ0n) is 16.7. The van der Waals surface area contributed by atoms with Crippen LogP contribution in [0.1, 0.15) is 37.5 Å². The van der Waals surface area contributed by atoms with Crippen LogP contribution in [0.2, 0.25) is 0 Å². The summed E-state index contributed by atoms with van der Waals surface area (Å²) in [5, 5.41) is 5.51. The van der Waals surface area contributed by atoms with Gasteiger partial charge in [0.15, 0.2) is 0 Å². The lowest BCUT2D eigenvalue weighted by Gasteiger charge is -2.19. The molecule has 0 spiro atoms. The summed E-state index contributed by atoms with van der Waals surface area (Å²) in [5.41, 5.74) is 4.31. The smallest absolute Gasteiger partial charge is 0.243 e. The van der Waals surface area contributed by atoms with Crippen LogP contribution < -0.4 is 10.6 Å². The normalized spacial score (nSPS) is 11.1. The molecule has 0 atom stereocenters. The van der Waals surface area contributed by atoms with Gasteiger partial charge < -0.3 is 10.6 Å². The fourth-order valence-corrected chi connectivity index (χ4v) is 3.24. The lowest BCUT2D eigenvalue weighted by Crippen LogP contribution is -2.34. The molecule has 144 valence electrons. The highest BCUT2D eigenvalue weighted by atomic mass is 32.2. The number of hydrogen-bond donors (Lipinski definition) is 2. The van der Waals surface area contributed by atoms with Crippen molar-refractivity contribution in [3.8, 4) is 0 Å². The molecule has 5 heteroatoms. The van der Waals surface area contributed by atoms with Crippen LogP contribution in [0.25, 0.3) is 0 Å². The molecule has 0 aromatic heterocycles. The third-order valence-corrected chi connectivity index (χ3v) is 5.43. The standard InChI is InChI=1S/C22H28N2O2S/c1-15-7-6-8-19(16(15)2)24-20(25)13-23-21(26)14-27-18-11-9-17(10-12-18)22(3,4)5/h6-12H,13-14H2,1-5H3,(H,23,26)(H,24,25). The van der Waals surface area contributed by atoms with Gasteiger partial charge in [-0.3, -0.25) is 9.59 Å². The summed E-state index contributed by atoms with van der Waals surface area (Å²) < 4.78 is 0. The highest BCUT2D eigenvalue weighted by Gasteiger charge is 2.13. The number of rotatable bonds is 6. The first-order valence-corrected chi connectivity index (χ1v) is 10.0. The summed E-state index contributed by atoms with van der Waals surface area (Å²) >= 11 is 1.46. The van der Waals surface area contributed by atoms with E-state index >= 15 is 0 Å². The van der Waals surface area contributed by atoms with Gasteiger partial charge in [0.25, 0.3) is 0 Å². The summed E-state index contributed by atoms with van der Waals surface area (Å²) in [5.74, 6) is -0.0985. The Hall–Kier alpha value is -2.27. The van der Waals surface area contributed by atoms with Crippen molar-refractivity contribution in [1.82, 2.24) is 5.32 Å². The van der Waals surface area contributed by atoms with Gasteiger partial charge in [-0.15, -0.1) is 11.8 Å². The van der Waals surface area contributed by atoms with Crippen molar-refractivity contribution in [2.45, 2.75) is 44.9 Å². The summed E-state index contributed by atoms with van der Waals surface area (Å²) in [7, 11) is 0. The van der Waals surface area contributed by atoms with Crippen molar-refractivity contribution in [1.29, 1.82) is 0 Å². The second-order valence-electron chi connectivity index (χ2n) is 7.64. The van der Waals surface area contributed by atoms with E-state index in [1.807, 2.05) is 44.2 Å². The van der Waals surface area contributed by atoms with Gasteiger partial charge in [-0.2, -0.15) is 0 Å². The number of thioether (sulfide) groups is 1. The maximum absolute atomic E-state index is 12.1. The van der Waals surface area contributed by atoms with Crippen molar-refractivity contribution >= 4 is 29.3 Å². The Morgan fingerprint density at radius 2 is 1.63 bits per heavy atom. The third-order valence-electron chi connectivity index (χ3n) is 4.42. The largest absolute Gasteiger partial charge is 0.346 e. The van der Waals surface area contributed by atoms with E-state index in [9.17, 15) is 9.59 Å². The van der Waals surface area contributed by atoms with Crippen LogP contribution in [0.5, 0.6) is 0 Å². The van der Waals surface area contributed by atoms with Gasteiger partial charge in [0.2, 0.25) is 11.8 Å². The molecule has 0 unspecified atom stereocenters. The van der Waals surface area contributed by atoms with E-state index in [1.165, 1.54) is 17.3 Å². The van der Waals surface area contributed by atoms with E-state index in [1.54, 1.807) is 0 Å². The fraction of sp³-hybridized carbons (Fsp3) is 0.364. The topological polar surface area (TPSA) is 58.2 Å². The third kappa shape index (κ3) is 6.43. The Kier molecular flexibility index (Phi) is 7.08. The van der Waals surface area contributed by atoms with Gasteiger partial charge in [0, 0.05) is 10.6 Å². The SMILES string of the molecule is Cc1cccc(NC(=O)CNC(=O)CSc2ccc(C(C)(C)C)cc2)c1C. The fourth-order valence-electron chi connectivity index (χ4n) is 2.51. The van der Waals surface area contributed by atoms with Gasteiger partial charge in [-0.25, -0.2) is 0 Å². The minimum Gasteiger partial charge on any atom is -0.346 e. The molecule has 0 aliphatic heterocycles. The number of carbonyl (C=O) groups excluding carboxylic acids is 2. The Bertz CT molecular complexity index is 808. The predicted molar refractivity (Wildman–Crippen MR) is 113 cm³/mol. The van der Waals surface area contributed by atoms with Crippen LogP contribution >= 0.6 is 11.8 Å². The van der Waals surface area contributed by atoms with Gasteiger partial charge in [-0.05, 0) is 54.2 Å². The minimum absolute atomic E-state index is 0.0320.